The van der Waals surface area contributed by atoms with Crippen molar-refractivity contribution in [3.05, 3.63) is 143 Å². The first kappa shape index (κ1) is 27.6. The Bertz CT molecular complexity index is 1730. The standard InChI is InChI=1S/C37H36N4S2/c1-3-12-30(13-4-1)28-40-32-16-7-9-18-34(32)42-36(40)20-24-38-22-11-23-39(27-26-38)25-21-37-41(29-31-14-5-2-6-15-31)33-17-8-10-19-35(33)43-37/h1-10,12-21,24-25H,11,22-23,26-29H2/q+2. The van der Waals surface area contributed by atoms with E-state index >= 15 is 0 Å². The lowest BCUT2D eigenvalue weighted by Gasteiger charge is -2.18. The predicted molar refractivity (Wildman–Crippen MR) is 181 cm³/mol. The number of benzene rings is 4. The third kappa shape index (κ3) is 6.41. The van der Waals surface area contributed by atoms with E-state index in [1.54, 1.807) is 0 Å². The Labute approximate surface area is 261 Å². The highest BCUT2D eigenvalue weighted by Gasteiger charge is 2.21. The minimum absolute atomic E-state index is 0.880. The number of fused-ring (bicyclic) bond motifs is 2. The molecule has 0 bridgehead atoms. The summed E-state index contributed by atoms with van der Waals surface area (Å²) in [5, 5.41) is 2.58. The van der Waals surface area contributed by atoms with E-state index in [1.807, 2.05) is 22.7 Å². The van der Waals surface area contributed by atoms with Crippen molar-refractivity contribution in [3.8, 4) is 0 Å². The number of hydrogen-bond acceptors (Lipinski definition) is 4. The first-order chi connectivity index (χ1) is 21.3. The fraction of sp³-hybridized carbons (Fsp3) is 0.189. The van der Waals surface area contributed by atoms with Gasteiger partial charge in [0.1, 0.15) is 9.40 Å². The molecule has 6 aromatic rings. The first-order valence-corrected chi connectivity index (χ1v) is 16.7. The molecule has 1 fully saturated rings. The van der Waals surface area contributed by atoms with Crippen LogP contribution in [0.5, 0.6) is 0 Å². The van der Waals surface area contributed by atoms with Crippen LogP contribution in [0.4, 0.5) is 0 Å². The van der Waals surface area contributed by atoms with Crippen LogP contribution in [-0.4, -0.2) is 36.0 Å². The van der Waals surface area contributed by atoms with Crippen molar-refractivity contribution in [1.29, 1.82) is 0 Å². The van der Waals surface area contributed by atoms with Gasteiger partial charge in [0, 0.05) is 74.0 Å². The minimum Gasteiger partial charge on any atom is -0.375 e. The molecule has 4 aromatic carbocycles. The normalized spacial score (nSPS) is 14.4. The van der Waals surface area contributed by atoms with E-state index in [-0.39, 0.29) is 0 Å². The largest absolute Gasteiger partial charge is 0.375 e. The van der Waals surface area contributed by atoms with Gasteiger partial charge in [-0.1, -0.05) is 108 Å². The van der Waals surface area contributed by atoms with Crippen LogP contribution < -0.4 is 9.13 Å². The lowest BCUT2D eigenvalue weighted by atomic mass is 10.2. The molecule has 0 aliphatic carbocycles. The molecule has 1 saturated heterocycles. The zero-order valence-electron chi connectivity index (χ0n) is 24.3. The summed E-state index contributed by atoms with van der Waals surface area (Å²) in [5.74, 6) is 0. The summed E-state index contributed by atoms with van der Waals surface area (Å²) >= 11 is 3.75. The van der Waals surface area contributed by atoms with E-state index in [0.717, 1.165) is 45.7 Å². The lowest BCUT2D eigenvalue weighted by Crippen LogP contribution is -2.35. The Morgan fingerprint density at radius 3 is 1.40 bits per heavy atom. The zero-order chi connectivity index (χ0) is 28.8. The molecular weight excluding hydrogens is 565 g/mol. The van der Waals surface area contributed by atoms with Crippen molar-refractivity contribution in [2.45, 2.75) is 19.5 Å². The highest BCUT2D eigenvalue weighted by atomic mass is 32.1. The molecule has 43 heavy (non-hydrogen) atoms. The quantitative estimate of drug-likeness (QED) is 0.169. The first-order valence-electron chi connectivity index (χ1n) is 15.1. The maximum absolute atomic E-state index is 2.49. The Balaban J connectivity index is 1.06. The van der Waals surface area contributed by atoms with Crippen LogP contribution >= 0.6 is 22.7 Å². The fourth-order valence-electron chi connectivity index (χ4n) is 5.81. The maximum Gasteiger partial charge on any atom is 0.264 e. The summed E-state index contributed by atoms with van der Waals surface area (Å²) in [7, 11) is 0. The van der Waals surface area contributed by atoms with Crippen LogP contribution in [0.2, 0.25) is 0 Å². The van der Waals surface area contributed by atoms with Crippen molar-refractivity contribution >= 4 is 55.3 Å². The van der Waals surface area contributed by atoms with E-state index in [2.05, 4.69) is 153 Å². The van der Waals surface area contributed by atoms with Crippen molar-refractivity contribution in [2.75, 3.05) is 26.2 Å². The molecule has 6 heteroatoms. The monoisotopic (exact) mass is 600 g/mol. The minimum atomic E-state index is 0.880. The lowest BCUT2D eigenvalue weighted by molar-refractivity contribution is -0.659. The molecule has 0 radical (unpaired) electrons. The average molecular weight is 601 g/mol. The molecule has 0 atom stereocenters. The molecule has 0 saturated carbocycles. The van der Waals surface area contributed by atoms with E-state index < -0.39 is 0 Å². The molecule has 214 valence electrons. The fourth-order valence-corrected chi connectivity index (χ4v) is 7.92. The van der Waals surface area contributed by atoms with Gasteiger partial charge in [0.25, 0.3) is 10.0 Å². The molecule has 0 amide bonds. The number of thiazole rings is 2. The number of para-hydroxylation sites is 2. The topological polar surface area (TPSA) is 14.2 Å². The van der Waals surface area contributed by atoms with Crippen molar-refractivity contribution < 1.29 is 9.13 Å². The molecule has 4 nitrogen and oxygen atoms in total. The van der Waals surface area contributed by atoms with Gasteiger partial charge in [-0.2, -0.15) is 9.13 Å². The van der Waals surface area contributed by atoms with Crippen LogP contribution in [-0.2, 0) is 13.1 Å². The molecule has 2 aromatic heterocycles. The number of nitrogens with zero attached hydrogens (tertiary/aromatic N) is 4. The molecule has 1 aliphatic heterocycles. The summed E-state index contributed by atoms with van der Waals surface area (Å²) in [5.41, 5.74) is 5.25. The Hall–Kier alpha value is -4.26. The summed E-state index contributed by atoms with van der Waals surface area (Å²) in [6.45, 7) is 5.93. The van der Waals surface area contributed by atoms with Crippen LogP contribution in [0.25, 0.3) is 32.6 Å². The molecular formula is C37H36N4S2+2. The Morgan fingerprint density at radius 2 is 0.930 bits per heavy atom. The molecule has 0 spiro atoms. The SMILES string of the molecule is C(=C\N1CCCN(/C=C/c2sc3ccccc3[n+]2Cc2ccccc2)CC1)/c1sc2ccccc2[n+]1Cc1ccccc1. The second-order valence-corrected chi connectivity index (χ2v) is 13.1. The van der Waals surface area contributed by atoms with Gasteiger partial charge in [0.2, 0.25) is 11.0 Å². The maximum atomic E-state index is 2.49. The van der Waals surface area contributed by atoms with Gasteiger partial charge in [-0.05, 0) is 18.6 Å². The highest BCUT2D eigenvalue weighted by molar-refractivity contribution is 7.19. The smallest absolute Gasteiger partial charge is 0.264 e. The second kappa shape index (κ2) is 12.9. The molecule has 3 heterocycles. The number of hydrogen-bond donors (Lipinski definition) is 0. The van der Waals surface area contributed by atoms with Gasteiger partial charge in [0.05, 0.1) is 0 Å². The van der Waals surface area contributed by atoms with Gasteiger partial charge in [-0.25, -0.2) is 0 Å². The highest BCUT2D eigenvalue weighted by Crippen LogP contribution is 2.24. The zero-order valence-corrected chi connectivity index (χ0v) is 25.9. The van der Waals surface area contributed by atoms with Crippen molar-refractivity contribution in [2.24, 2.45) is 0 Å². The van der Waals surface area contributed by atoms with Crippen LogP contribution in [0, 0.1) is 0 Å². The third-order valence-corrected chi connectivity index (χ3v) is 10.3. The Kier molecular flexibility index (Phi) is 8.30. The molecule has 0 N–H and O–H groups in total. The van der Waals surface area contributed by atoms with Crippen LogP contribution in [0.1, 0.15) is 27.6 Å². The van der Waals surface area contributed by atoms with Gasteiger partial charge in [-0.3, -0.25) is 0 Å². The van der Waals surface area contributed by atoms with Crippen LogP contribution in [0.3, 0.4) is 0 Å². The second-order valence-electron chi connectivity index (χ2n) is 11.0. The van der Waals surface area contributed by atoms with Crippen molar-refractivity contribution in [1.82, 2.24) is 9.80 Å². The molecule has 1 aliphatic rings. The summed E-state index contributed by atoms with van der Waals surface area (Å²) in [6, 6.07) is 39.0. The van der Waals surface area contributed by atoms with Gasteiger partial charge in [0.15, 0.2) is 13.1 Å². The van der Waals surface area contributed by atoms with E-state index in [9.17, 15) is 0 Å². The summed E-state index contributed by atoms with van der Waals surface area (Å²) in [4.78, 5) is 4.97. The van der Waals surface area contributed by atoms with E-state index in [4.69, 9.17) is 0 Å². The number of aromatic nitrogens is 2. The molecule has 7 rings (SSSR count). The third-order valence-electron chi connectivity index (χ3n) is 8.06. The van der Waals surface area contributed by atoms with Crippen molar-refractivity contribution in [3.63, 3.8) is 0 Å². The van der Waals surface area contributed by atoms with E-state index in [1.165, 1.54) is 41.6 Å². The molecule has 0 unspecified atom stereocenters. The number of rotatable bonds is 8. The summed E-state index contributed by atoms with van der Waals surface area (Å²) in [6.07, 6.45) is 10.4. The van der Waals surface area contributed by atoms with E-state index in [0.29, 0.717) is 0 Å². The van der Waals surface area contributed by atoms with Gasteiger partial charge >= 0.3 is 0 Å². The predicted octanol–water partition coefficient (Wildman–Crippen LogP) is 7.44. The average Bonchev–Trinajstić information content (AvgIpc) is 3.48. The van der Waals surface area contributed by atoms with Gasteiger partial charge < -0.3 is 9.80 Å². The summed E-state index contributed by atoms with van der Waals surface area (Å²) < 4.78 is 7.56. The van der Waals surface area contributed by atoms with Crippen LogP contribution in [0.15, 0.2) is 122 Å². The van der Waals surface area contributed by atoms with Gasteiger partial charge in [-0.15, -0.1) is 0 Å². The Morgan fingerprint density at radius 1 is 0.512 bits per heavy atom.